The number of rotatable bonds is 4. The molecule has 2 aromatic rings. The summed E-state index contributed by atoms with van der Waals surface area (Å²) in [5.74, 6) is -0.204. The summed E-state index contributed by atoms with van der Waals surface area (Å²) >= 11 is 11.9. The third-order valence-electron chi connectivity index (χ3n) is 3.03. The van der Waals surface area contributed by atoms with Crippen LogP contribution in [-0.4, -0.2) is 13.1 Å². The number of halogens is 2. The zero-order valence-electron chi connectivity index (χ0n) is 11.0. The van der Waals surface area contributed by atoms with E-state index in [1.54, 1.807) is 6.07 Å². The zero-order valence-corrected chi connectivity index (χ0v) is 12.5. The number of methoxy groups -OCH3 is 1. The van der Waals surface area contributed by atoms with Crippen LogP contribution in [-0.2, 0) is 16.0 Å². The van der Waals surface area contributed by atoms with Gasteiger partial charge in [0.2, 0.25) is 0 Å². The molecule has 0 radical (unpaired) electrons. The largest absolute Gasteiger partial charge is 0.469 e. The van der Waals surface area contributed by atoms with Crippen LogP contribution >= 0.6 is 23.2 Å². The van der Waals surface area contributed by atoms with Gasteiger partial charge in [0.1, 0.15) is 0 Å². The second kappa shape index (κ2) is 6.78. The molecule has 2 rings (SSSR count). The standard InChI is InChI=1S/C16H14Cl2O2/c1-20-16(19)8-5-11-3-2-4-12(9-11)13-6-7-14(17)15(18)10-13/h2-4,6-7,9-10H,5,8H2,1H3. The SMILES string of the molecule is COC(=O)CCc1cccc(-c2ccc(Cl)c(Cl)c2)c1. The number of benzene rings is 2. The van der Waals surface area contributed by atoms with E-state index >= 15 is 0 Å². The Balaban J connectivity index is 2.20. The minimum atomic E-state index is -0.204. The summed E-state index contributed by atoms with van der Waals surface area (Å²) in [5, 5.41) is 1.07. The van der Waals surface area contributed by atoms with Crippen LogP contribution in [0.3, 0.4) is 0 Å². The molecule has 0 atom stereocenters. The van der Waals surface area contributed by atoms with Gasteiger partial charge >= 0.3 is 5.97 Å². The molecule has 20 heavy (non-hydrogen) atoms. The zero-order chi connectivity index (χ0) is 14.5. The summed E-state index contributed by atoms with van der Waals surface area (Å²) in [6, 6.07) is 13.5. The fourth-order valence-electron chi connectivity index (χ4n) is 1.93. The van der Waals surface area contributed by atoms with Gasteiger partial charge in [0, 0.05) is 6.42 Å². The maximum Gasteiger partial charge on any atom is 0.305 e. The van der Waals surface area contributed by atoms with E-state index in [9.17, 15) is 4.79 Å². The monoisotopic (exact) mass is 308 g/mol. The molecule has 0 aliphatic heterocycles. The van der Waals surface area contributed by atoms with Crippen LogP contribution in [0.25, 0.3) is 11.1 Å². The molecule has 0 aliphatic carbocycles. The maximum atomic E-state index is 11.2. The lowest BCUT2D eigenvalue weighted by Crippen LogP contribution is -2.01. The van der Waals surface area contributed by atoms with Crippen molar-refractivity contribution < 1.29 is 9.53 Å². The van der Waals surface area contributed by atoms with Crippen LogP contribution in [0.1, 0.15) is 12.0 Å². The molecule has 0 heterocycles. The number of carbonyl (C=O) groups excluding carboxylic acids is 1. The second-order valence-electron chi connectivity index (χ2n) is 4.41. The highest BCUT2D eigenvalue weighted by atomic mass is 35.5. The van der Waals surface area contributed by atoms with Crippen molar-refractivity contribution >= 4 is 29.2 Å². The summed E-state index contributed by atoms with van der Waals surface area (Å²) in [6.45, 7) is 0. The van der Waals surface area contributed by atoms with Gasteiger partial charge in [-0.2, -0.15) is 0 Å². The van der Waals surface area contributed by atoms with Gasteiger partial charge in [0.15, 0.2) is 0 Å². The number of hydrogen-bond donors (Lipinski definition) is 0. The Morgan fingerprint density at radius 1 is 1.05 bits per heavy atom. The normalized spacial score (nSPS) is 10.3. The molecule has 0 aromatic heterocycles. The lowest BCUT2D eigenvalue weighted by atomic mass is 10.0. The molecule has 0 N–H and O–H groups in total. The molecule has 0 aliphatic rings. The van der Waals surface area contributed by atoms with Crippen molar-refractivity contribution in [2.45, 2.75) is 12.8 Å². The predicted molar refractivity (Wildman–Crippen MR) is 82.2 cm³/mol. The van der Waals surface area contributed by atoms with Gasteiger partial charge in [-0.15, -0.1) is 0 Å². The number of carbonyl (C=O) groups is 1. The van der Waals surface area contributed by atoms with Crippen molar-refractivity contribution in [3.63, 3.8) is 0 Å². The fraction of sp³-hybridized carbons (Fsp3) is 0.188. The van der Waals surface area contributed by atoms with Gasteiger partial charge in [-0.05, 0) is 35.2 Å². The Hall–Kier alpha value is -1.51. The topological polar surface area (TPSA) is 26.3 Å². The van der Waals surface area contributed by atoms with Crippen molar-refractivity contribution in [1.82, 2.24) is 0 Å². The second-order valence-corrected chi connectivity index (χ2v) is 5.22. The molecule has 0 saturated carbocycles. The van der Waals surface area contributed by atoms with E-state index in [1.807, 2.05) is 36.4 Å². The van der Waals surface area contributed by atoms with E-state index in [0.717, 1.165) is 16.7 Å². The quantitative estimate of drug-likeness (QED) is 0.761. The van der Waals surface area contributed by atoms with Crippen LogP contribution in [0.5, 0.6) is 0 Å². The van der Waals surface area contributed by atoms with Gasteiger partial charge in [-0.3, -0.25) is 4.79 Å². The molecule has 0 amide bonds. The average molecular weight is 309 g/mol. The Labute approximate surface area is 128 Å². The highest BCUT2D eigenvalue weighted by Crippen LogP contribution is 2.29. The minimum Gasteiger partial charge on any atom is -0.469 e. The number of esters is 1. The number of aryl methyl sites for hydroxylation is 1. The van der Waals surface area contributed by atoms with E-state index < -0.39 is 0 Å². The predicted octanol–water partition coefficient (Wildman–Crippen LogP) is 4.77. The third kappa shape index (κ3) is 3.75. The molecule has 0 bridgehead atoms. The van der Waals surface area contributed by atoms with E-state index in [-0.39, 0.29) is 5.97 Å². The van der Waals surface area contributed by atoms with E-state index in [1.165, 1.54) is 7.11 Å². The summed E-state index contributed by atoms with van der Waals surface area (Å²) in [5.41, 5.74) is 3.13. The Bertz CT molecular complexity index is 624. The molecule has 2 aromatic carbocycles. The molecular weight excluding hydrogens is 295 g/mol. The Morgan fingerprint density at radius 2 is 1.80 bits per heavy atom. The van der Waals surface area contributed by atoms with E-state index in [2.05, 4.69) is 4.74 Å². The molecule has 2 nitrogen and oxygen atoms in total. The first-order valence-electron chi connectivity index (χ1n) is 6.21. The minimum absolute atomic E-state index is 0.204. The fourth-order valence-corrected chi connectivity index (χ4v) is 2.23. The summed E-state index contributed by atoms with van der Waals surface area (Å²) in [7, 11) is 1.40. The highest BCUT2D eigenvalue weighted by molar-refractivity contribution is 6.42. The number of ether oxygens (including phenoxy) is 1. The smallest absolute Gasteiger partial charge is 0.305 e. The molecule has 0 fully saturated rings. The van der Waals surface area contributed by atoms with Crippen LogP contribution in [0.2, 0.25) is 10.0 Å². The van der Waals surface area contributed by atoms with Crippen molar-refractivity contribution in [2.75, 3.05) is 7.11 Å². The van der Waals surface area contributed by atoms with Crippen LogP contribution in [0.4, 0.5) is 0 Å². The molecule has 104 valence electrons. The number of hydrogen-bond acceptors (Lipinski definition) is 2. The maximum absolute atomic E-state index is 11.2. The Kier molecular flexibility index (Phi) is 5.05. The highest BCUT2D eigenvalue weighted by Gasteiger charge is 2.05. The lowest BCUT2D eigenvalue weighted by Gasteiger charge is -2.06. The first-order chi connectivity index (χ1) is 9.60. The van der Waals surface area contributed by atoms with Crippen molar-refractivity contribution in [1.29, 1.82) is 0 Å². The van der Waals surface area contributed by atoms with Gasteiger partial charge in [0.05, 0.1) is 17.2 Å². The van der Waals surface area contributed by atoms with Crippen LogP contribution in [0.15, 0.2) is 42.5 Å². The van der Waals surface area contributed by atoms with Crippen LogP contribution in [0, 0.1) is 0 Å². The molecule has 0 saturated heterocycles. The first kappa shape index (κ1) is 14.9. The van der Waals surface area contributed by atoms with Gasteiger partial charge in [-0.25, -0.2) is 0 Å². The van der Waals surface area contributed by atoms with Crippen molar-refractivity contribution in [2.24, 2.45) is 0 Å². The average Bonchev–Trinajstić information content (AvgIpc) is 2.48. The molecular formula is C16H14Cl2O2. The Morgan fingerprint density at radius 3 is 2.50 bits per heavy atom. The summed E-state index contributed by atoms with van der Waals surface area (Å²) < 4.78 is 4.64. The van der Waals surface area contributed by atoms with Gasteiger partial charge < -0.3 is 4.74 Å². The van der Waals surface area contributed by atoms with Crippen LogP contribution < -0.4 is 0 Å². The van der Waals surface area contributed by atoms with Gasteiger partial charge in [-0.1, -0.05) is 53.5 Å². The summed E-state index contributed by atoms with van der Waals surface area (Å²) in [6.07, 6.45) is 1.03. The molecule has 0 spiro atoms. The first-order valence-corrected chi connectivity index (χ1v) is 6.97. The van der Waals surface area contributed by atoms with Crippen molar-refractivity contribution in [3.05, 3.63) is 58.1 Å². The van der Waals surface area contributed by atoms with E-state index in [0.29, 0.717) is 22.9 Å². The van der Waals surface area contributed by atoms with E-state index in [4.69, 9.17) is 23.2 Å². The summed E-state index contributed by atoms with van der Waals surface area (Å²) in [4.78, 5) is 11.2. The molecule has 0 unspecified atom stereocenters. The lowest BCUT2D eigenvalue weighted by molar-refractivity contribution is -0.140. The van der Waals surface area contributed by atoms with Crippen molar-refractivity contribution in [3.8, 4) is 11.1 Å². The van der Waals surface area contributed by atoms with Gasteiger partial charge in [0.25, 0.3) is 0 Å². The molecule has 4 heteroatoms. The third-order valence-corrected chi connectivity index (χ3v) is 3.76.